The summed E-state index contributed by atoms with van der Waals surface area (Å²) in [6.45, 7) is 4.01. The molecule has 0 atom stereocenters. The first-order valence-electron chi connectivity index (χ1n) is 6.32. The molecule has 0 saturated carbocycles. The Kier molecular flexibility index (Phi) is 4.83. The second kappa shape index (κ2) is 6.41. The smallest absolute Gasteiger partial charge is 0.139 e. The van der Waals surface area contributed by atoms with E-state index in [1.165, 1.54) is 0 Å². The lowest BCUT2D eigenvalue weighted by Gasteiger charge is -2.14. The fraction of sp³-hybridized carbons (Fsp3) is 0.286. The Morgan fingerprint density at radius 2 is 1.95 bits per heavy atom. The number of hydrogen-bond acceptors (Lipinski definition) is 4. The molecular formula is C14H16BrClN4. The van der Waals surface area contributed by atoms with Crippen LogP contribution in [0, 0.1) is 6.92 Å². The van der Waals surface area contributed by atoms with E-state index in [2.05, 4.69) is 36.5 Å². The number of nitrogens with one attached hydrogen (secondary N) is 2. The highest BCUT2D eigenvalue weighted by Gasteiger charge is 2.11. The standard InChI is InChI=1S/C14H16BrClN4/c1-4-12-19-13(17-3)8(2)14(20-12)18-11-7-9(16)5-6-10(11)15/h5-7H,4H2,1-3H3,(H2,17,18,19,20). The van der Waals surface area contributed by atoms with Gasteiger partial charge < -0.3 is 10.6 Å². The molecule has 4 nitrogen and oxygen atoms in total. The van der Waals surface area contributed by atoms with Gasteiger partial charge in [-0.1, -0.05) is 18.5 Å². The predicted molar refractivity (Wildman–Crippen MR) is 88.1 cm³/mol. The van der Waals surface area contributed by atoms with Gasteiger partial charge in [0.15, 0.2) is 0 Å². The first-order valence-corrected chi connectivity index (χ1v) is 7.49. The van der Waals surface area contributed by atoms with Gasteiger partial charge in [0.2, 0.25) is 0 Å². The lowest BCUT2D eigenvalue weighted by Crippen LogP contribution is -2.07. The molecule has 0 aliphatic carbocycles. The second-order valence-electron chi connectivity index (χ2n) is 4.31. The Bertz CT molecular complexity index is 631. The molecule has 106 valence electrons. The highest BCUT2D eigenvalue weighted by Crippen LogP contribution is 2.30. The number of hydrogen-bond donors (Lipinski definition) is 2. The summed E-state index contributed by atoms with van der Waals surface area (Å²) >= 11 is 9.54. The molecule has 0 amide bonds. The average Bonchev–Trinajstić information content (AvgIpc) is 2.45. The number of halogens is 2. The molecule has 6 heteroatoms. The Morgan fingerprint density at radius 1 is 1.25 bits per heavy atom. The third-order valence-corrected chi connectivity index (χ3v) is 3.85. The van der Waals surface area contributed by atoms with Gasteiger partial charge in [-0.05, 0) is 41.1 Å². The van der Waals surface area contributed by atoms with Crippen LogP contribution in [0.1, 0.15) is 18.3 Å². The number of aromatic nitrogens is 2. The average molecular weight is 356 g/mol. The maximum Gasteiger partial charge on any atom is 0.139 e. The minimum atomic E-state index is 0.673. The summed E-state index contributed by atoms with van der Waals surface area (Å²) in [6.07, 6.45) is 0.778. The molecule has 20 heavy (non-hydrogen) atoms. The molecular weight excluding hydrogens is 340 g/mol. The van der Waals surface area contributed by atoms with Crippen molar-refractivity contribution < 1.29 is 0 Å². The van der Waals surface area contributed by atoms with Crippen LogP contribution in [0.2, 0.25) is 5.02 Å². The van der Waals surface area contributed by atoms with Crippen LogP contribution in [-0.2, 0) is 6.42 Å². The zero-order valence-electron chi connectivity index (χ0n) is 11.6. The second-order valence-corrected chi connectivity index (χ2v) is 5.61. The predicted octanol–water partition coefficient (Wildman–Crippen LogP) is 4.55. The van der Waals surface area contributed by atoms with Crippen LogP contribution in [0.5, 0.6) is 0 Å². The third kappa shape index (κ3) is 3.22. The molecule has 1 heterocycles. The van der Waals surface area contributed by atoms with Crippen molar-refractivity contribution >= 4 is 44.9 Å². The summed E-state index contributed by atoms with van der Waals surface area (Å²) in [5.41, 5.74) is 1.85. The Labute approximate surface area is 132 Å². The van der Waals surface area contributed by atoms with Gasteiger partial charge in [0.25, 0.3) is 0 Å². The van der Waals surface area contributed by atoms with E-state index in [4.69, 9.17) is 11.6 Å². The summed E-state index contributed by atoms with van der Waals surface area (Å²) in [6, 6.07) is 5.60. The van der Waals surface area contributed by atoms with Crippen molar-refractivity contribution in [3.63, 3.8) is 0 Å². The van der Waals surface area contributed by atoms with E-state index in [1.807, 2.05) is 39.1 Å². The van der Waals surface area contributed by atoms with Gasteiger partial charge in [-0.2, -0.15) is 0 Å². The number of anilines is 3. The van der Waals surface area contributed by atoms with Crippen LogP contribution in [0.3, 0.4) is 0 Å². The third-order valence-electron chi connectivity index (χ3n) is 2.93. The molecule has 0 fully saturated rings. The van der Waals surface area contributed by atoms with Crippen LogP contribution in [-0.4, -0.2) is 17.0 Å². The van der Waals surface area contributed by atoms with Crippen molar-refractivity contribution in [1.29, 1.82) is 0 Å². The topological polar surface area (TPSA) is 49.8 Å². The van der Waals surface area contributed by atoms with Crippen LogP contribution >= 0.6 is 27.5 Å². The molecule has 0 bridgehead atoms. The quantitative estimate of drug-likeness (QED) is 0.845. The van der Waals surface area contributed by atoms with Gasteiger partial charge in [0.05, 0.1) is 5.69 Å². The molecule has 1 aromatic heterocycles. The van der Waals surface area contributed by atoms with Crippen molar-refractivity contribution in [3.05, 3.63) is 39.1 Å². The van der Waals surface area contributed by atoms with E-state index < -0.39 is 0 Å². The van der Waals surface area contributed by atoms with Crippen LogP contribution < -0.4 is 10.6 Å². The van der Waals surface area contributed by atoms with Gasteiger partial charge in [0, 0.05) is 28.5 Å². The molecule has 0 unspecified atom stereocenters. The van der Waals surface area contributed by atoms with E-state index in [9.17, 15) is 0 Å². The normalized spacial score (nSPS) is 10.4. The summed E-state index contributed by atoms with van der Waals surface area (Å²) in [5.74, 6) is 2.40. The van der Waals surface area contributed by atoms with Crippen LogP contribution in [0.4, 0.5) is 17.3 Å². The Morgan fingerprint density at radius 3 is 2.60 bits per heavy atom. The minimum Gasteiger partial charge on any atom is -0.373 e. The van der Waals surface area contributed by atoms with Crippen molar-refractivity contribution in [2.24, 2.45) is 0 Å². The molecule has 2 aromatic rings. The maximum atomic E-state index is 6.03. The summed E-state index contributed by atoms with van der Waals surface area (Å²) in [4.78, 5) is 8.99. The van der Waals surface area contributed by atoms with Gasteiger partial charge >= 0.3 is 0 Å². The maximum absolute atomic E-state index is 6.03. The zero-order valence-corrected chi connectivity index (χ0v) is 13.9. The molecule has 0 aliphatic rings. The fourth-order valence-corrected chi connectivity index (χ4v) is 2.32. The number of benzene rings is 1. The number of aryl methyl sites for hydroxylation is 1. The van der Waals surface area contributed by atoms with Gasteiger partial charge in [-0.15, -0.1) is 0 Å². The van der Waals surface area contributed by atoms with E-state index in [1.54, 1.807) is 0 Å². The number of rotatable bonds is 4. The van der Waals surface area contributed by atoms with Crippen molar-refractivity contribution in [3.8, 4) is 0 Å². The van der Waals surface area contributed by atoms with Crippen LogP contribution in [0.15, 0.2) is 22.7 Å². The Balaban J connectivity index is 2.44. The summed E-state index contributed by atoms with van der Waals surface area (Å²) in [7, 11) is 1.86. The molecule has 0 radical (unpaired) electrons. The monoisotopic (exact) mass is 354 g/mol. The van der Waals surface area contributed by atoms with E-state index in [0.717, 1.165) is 39.6 Å². The van der Waals surface area contributed by atoms with E-state index in [0.29, 0.717) is 5.02 Å². The minimum absolute atomic E-state index is 0.673. The van der Waals surface area contributed by atoms with Crippen molar-refractivity contribution in [2.75, 3.05) is 17.7 Å². The zero-order chi connectivity index (χ0) is 14.7. The highest BCUT2D eigenvalue weighted by atomic mass is 79.9. The van der Waals surface area contributed by atoms with E-state index in [-0.39, 0.29) is 0 Å². The summed E-state index contributed by atoms with van der Waals surface area (Å²) in [5, 5.41) is 7.07. The first-order chi connectivity index (χ1) is 9.55. The molecule has 0 aliphatic heterocycles. The van der Waals surface area contributed by atoms with Gasteiger partial charge in [-0.25, -0.2) is 9.97 Å². The lowest BCUT2D eigenvalue weighted by atomic mass is 10.2. The SMILES string of the molecule is CCc1nc(NC)c(C)c(Nc2cc(Cl)ccc2Br)n1. The van der Waals surface area contributed by atoms with Crippen LogP contribution in [0.25, 0.3) is 0 Å². The lowest BCUT2D eigenvalue weighted by molar-refractivity contribution is 0.935. The Hall–Kier alpha value is -1.33. The fourth-order valence-electron chi connectivity index (χ4n) is 1.81. The van der Waals surface area contributed by atoms with Crippen molar-refractivity contribution in [2.45, 2.75) is 20.3 Å². The highest BCUT2D eigenvalue weighted by molar-refractivity contribution is 9.10. The summed E-state index contributed by atoms with van der Waals surface area (Å²) < 4.78 is 0.934. The van der Waals surface area contributed by atoms with Crippen molar-refractivity contribution in [1.82, 2.24) is 9.97 Å². The van der Waals surface area contributed by atoms with Gasteiger partial charge in [-0.3, -0.25) is 0 Å². The van der Waals surface area contributed by atoms with Gasteiger partial charge in [0.1, 0.15) is 17.5 Å². The number of nitrogens with zero attached hydrogens (tertiary/aromatic N) is 2. The molecule has 0 spiro atoms. The molecule has 2 N–H and O–H groups in total. The molecule has 2 rings (SSSR count). The van der Waals surface area contributed by atoms with E-state index >= 15 is 0 Å². The largest absolute Gasteiger partial charge is 0.373 e. The molecule has 0 saturated heterocycles. The first kappa shape index (κ1) is 15.1. The molecule has 1 aromatic carbocycles.